The number of nitro benzene ring substituents is 1. The molecule has 2 aromatic rings. The summed E-state index contributed by atoms with van der Waals surface area (Å²) in [6.45, 7) is 1.51. The minimum Gasteiger partial charge on any atom is -0.452 e. The van der Waals surface area contributed by atoms with Gasteiger partial charge >= 0.3 is 5.97 Å². The van der Waals surface area contributed by atoms with Crippen LogP contribution in [0.5, 0.6) is 0 Å². The second-order valence-corrected chi connectivity index (χ2v) is 5.20. The summed E-state index contributed by atoms with van der Waals surface area (Å²) < 4.78 is 4.84. The number of rotatable bonds is 6. The van der Waals surface area contributed by atoms with Crippen LogP contribution in [-0.4, -0.2) is 23.4 Å². The van der Waals surface area contributed by atoms with E-state index in [-0.39, 0.29) is 5.69 Å². The molecule has 0 unspecified atom stereocenters. The largest absolute Gasteiger partial charge is 0.452 e. The lowest BCUT2D eigenvalue weighted by atomic mass is 10.1. The summed E-state index contributed by atoms with van der Waals surface area (Å²) in [5.41, 5.74) is 2.26. The number of non-ortho nitro benzene ring substituents is 1. The standard InChI is InChI=1S/C18H16N2O5/c1-13-2-4-14(5-3-13)6-11-18(22)25-12-17(21)19-15-7-9-16(10-8-15)20(23)24/h2-11H,12H2,1H3,(H,19,21)/b11-6-. The van der Waals surface area contributed by atoms with Gasteiger partial charge in [0, 0.05) is 23.9 Å². The van der Waals surface area contributed by atoms with Gasteiger partial charge in [0.2, 0.25) is 0 Å². The Morgan fingerprint density at radius 3 is 2.36 bits per heavy atom. The molecular weight excluding hydrogens is 324 g/mol. The summed E-state index contributed by atoms with van der Waals surface area (Å²) in [6.07, 6.45) is 2.83. The maximum Gasteiger partial charge on any atom is 0.331 e. The zero-order chi connectivity index (χ0) is 18.2. The topological polar surface area (TPSA) is 98.5 Å². The molecule has 2 aromatic carbocycles. The second kappa shape index (κ2) is 8.39. The third-order valence-corrected chi connectivity index (χ3v) is 3.20. The normalized spacial score (nSPS) is 10.4. The lowest BCUT2D eigenvalue weighted by Crippen LogP contribution is -2.20. The third-order valence-electron chi connectivity index (χ3n) is 3.20. The molecule has 0 saturated carbocycles. The Labute approximate surface area is 144 Å². The summed E-state index contributed by atoms with van der Waals surface area (Å²) in [5.74, 6) is -1.18. The molecule has 0 fully saturated rings. The monoisotopic (exact) mass is 340 g/mol. The number of anilines is 1. The van der Waals surface area contributed by atoms with Crippen LogP contribution in [0.15, 0.2) is 54.6 Å². The molecule has 0 saturated heterocycles. The first-order chi connectivity index (χ1) is 11.9. The predicted octanol–water partition coefficient (Wildman–Crippen LogP) is 3.10. The molecule has 128 valence electrons. The zero-order valence-electron chi connectivity index (χ0n) is 13.5. The van der Waals surface area contributed by atoms with E-state index in [0.29, 0.717) is 5.69 Å². The van der Waals surface area contributed by atoms with Crippen molar-refractivity contribution in [2.75, 3.05) is 11.9 Å². The van der Waals surface area contributed by atoms with Gasteiger partial charge in [-0.15, -0.1) is 0 Å². The molecule has 0 radical (unpaired) electrons. The van der Waals surface area contributed by atoms with E-state index in [2.05, 4.69) is 5.32 Å². The molecule has 2 rings (SSSR count). The van der Waals surface area contributed by atoms with E-state index in [1.54, 1.807) is 6.08 Å². The van der Waals surface area contributed by atoms with Gasteiger partial charge in [-0.25, -0.2) is 4.79 Å². The minimum absolute atomic E-state index is 0.0781. The zero-order valence-corrected chi connectivity index (χ0v) is 13.5. The molecule has 0 aromatic heterocycles. The number of hydrogen-bond donors (Lipinski definition) is 1. The van der Waals surface area contributed by atoms with E-state index in [1.807, 2.05) is 31.2 Å². The molecule has 0 bridgehead atoms. The van der Waals surface area contributed by atoms with E-state index < -0.39 is 23.4 Å². The fraction of sp³-hybridized carbons (Fsp3) is 0.111. The lowest BCUT2D eigenvalue weighted by Gasteiger charge is -2.05. The van der Waals surface area contributed by atoms with Gasteiger partial charge in [-0.1, -0.05) is 29.8 Å². The van der Waals surface area contributed by atoms with Crippen molar-refractivity contribution in [3.63, 3.8) is 0 Å². The van der Waals surface area contributed by atoms with Crippen molar-refractivity contribution in [1.82, 2.24) is 0 Å². The van der Waals surface area contributed by atoms with E-state index in [9.17, 15) is 19.7 Å². The Balaban J connectivity index is 1.79. The van der Waals surface area contributed by atoms with E-state index in [1.165, 1.54) is 30.3 Å². The van der Waals surface area contributed by atoms with Gasteiger partial charge < -0.3 is 10.1 Å². The highest BCUT2D eigenvalue weighted by Gasteiger charge is 2.08. The van der Waals surface area contributed by atoms with Crippen LogP contribution in [-0.2, 0) is 14.3 Å². The molecule has 0 heterocycles. The number of ether oxygens (including phenoxy) is 1. The lowest BCUT2D eigenvalue weighted by molar-refractivity contribution is -0.384. The average molecular weight is 340 g/mol. The summed E-state index contributed by atoms with van der Waals surface area (Å²) >= 11 is 0. The van der Waals surface area contributed by atoms with Crippen LogP contribution in [0, 0.1) is 17.0 Å². The fourth-order valence-electron chi connectivity index (χ4n) is 1.89. The summed E-state index contributed by atoms with van der Waals surface area (Å²) in [4.78, 5) is 33.3. The van der Waals surface area contributed by atoms with E-state index in [4.69, 9.17) is 4.74 Å². The number of benzene rings is 2. The Morgan fingerprint density at radius 2 is 1.76 bits per heavy atom. The summed E-state index contributed by atoms with van der Waals surface area (Å²) in [7, 11) is 0. The molecule has 0 spiro atoms. The number of nitrogens with zero attached hydrogens (tertiary/aromatic N) is 1. The quantitative estimate of drug-likeness (QED) is 0.377. The number of esters is 1. The Bertz CT molecular complexity index is 795. The predicted molar refractivity (Wildman–Crippen MR) is 92.9 cm³/mol. The fourth-order valence-corrected chi connectivity index (χ4v) is 1.89. The number of amides is 1. The van der Waals surface area contributed by atoms with Crippen molar-refractivity contribution in [3.8, 4) is 0 Å². The van der Waals surface area contributed by atoms with E-state index in [0.717, 1.165) is 11.1 Å². The van der Waals surface area contributed by atoms with Gasteiger partial charge in [0.1, 0.15) is 0 Å². The highest BCUT2D eigenvalue weighted by molar-refractivity contribution is 5.94. The SMILES string of the molecule is Cc1ccc(/C=C\C(=O)OCC(=O)Nc2ccc([N+](=O)[O-])cc2)cc1. The molecule has 1 amide bonds. The Morgan fingerprint density at radius 1 is 1.12 bits per heavy atom. The van der Waals surface area contributed by atoms with Crippen LogP contribution in [0.4, 0.5) is 11.4 Å². The summed E-state index contributed by atoms with van der Waals surface area (Å²) in [5, 5.41) is 13.0. The minimum atomic E-state index is -0.639. The van der Waals surface area contributed by atoms with Crippen LogP contribution >= 0.6 is 0 Å². The molecule has 7 nitrogen and oxygen atoms in total. The third kappa shape index (κ3) is 5.91. The van der Waals surface area contributed by atoms with Gasteiger partial charge in [-0.3, -0.25) is 14.9 Å². The van der Waals surface area contributed by atoms with Gasteiger partial charge in [-0.05, 0) is 30.7 Å². The molecule has 0 aliphatic carbocycles. The maximum absolute atomic E-state index is 11.7. The maximum atomic E-state index is 11.7. The molecule has 7 heteroatoms. The molecule has 25 heavy (non-hydrogen) atoms. The molecule has 0 aliphatic heterocycles. The number of nitro groups is 1. The molecular formula is C18H16N2O5. The van der Waals surface area contributed by atoms with Crippen LogP contribution in [0.25, 0.3) is 6.08 Å². The van der Waals surface area contributed by atoms with Gasteiger partial charge in [0.25, 0.3) is 11.6 Å². The highest BCUT2D eigenvalue weighted by atomic mass is 16.6. The first kappa shape index (κ1) is 17.9. The van der Waals surface area contributed by atoms with Crippen molar-refractivity contribution in [1.29, 1.82) is 0 Å². The van der Waals surface area contributed by atoms with Gasteiger partial charge in [0.05, 0.1) is 4.92 Å². The highest BCUT2D eigenvalue weighted by Crippen LogP contribution is 2.15. The molecule has 0 atom stereocenters. The van der Waals surface area contributed by atoms with Crippen molar-refractivity contribution >= 4 is 29.3 Å². The van der Waals surface area contributed by atoms with Gasteiger partial charge in [0.15, 0.2) is 6.61 Å². The van der Waals surface area contributed by atoms with Crippen LogP contribution in [0.1, 0.15) is 11.1 Å². The first-order valence-electron chi connectivity index (χ1n) is 7.40. The Hall–Kier alpha value is -3.48. The van der Waals surface area contributed by atoms with E-state index >= 15 is 0 Å². The van der Waals surface area contributed by atoms with Crippen LogP contribution in [0.3, 0.4) is 0 Å². The Kier molecular flexibility index (Phi) is 6.00. The number of carbonyl (C=O) groups excluding carboxylic acids is 2. The number of nitrogens with one attached hydrogen (secondary N) is 1. The van der Waals surface area contributed by atoms with Gasteiger partial charge in [-0.2, -0.15) is 0 Å². The second-order valence-electron chi connectivity index (χ2n) is 5.20. The molecule has 1 N–H and O–H groups in total. The average Bonchev–Trinajstić information content (AvgIpc) is 2.60. The number of hydrogen-bond acceptors (Lipinski definition) is 5. The van der Waals surface area contributed by atoms with Crippen LogP contribution in [0.2, 0.25) is 0 Å². The van der Waals surface area contributed by atoms with Crippen molar-refractivity contribution in [2.45, 2.75) is 6.92 Å². The number of aryl methyl sites for hydroxylation is 1. The van der Waals surface area contributed by atoms with Crippen molar-refractivity contribution in [2.24, 2.45) is 0 Å². The van der Waals surface area contributed by atoms with Crippen molar-refractivity contribution < 1.29 is 19.2 Å². The summed E-state index contributed by atoms with van der Waals surface area (Å²) in [6, 6.07) is 12.9. The van der Waals surface area contributed by atoms with Crippen molar-refractivity contribution in [3.05, 3.63) is 75.8 Å². The number of carbonyl (C=O) groups is 2. The van der Waals surface area contributed by atoms with Crippen LogP contribution < -0.4 is 5.32 Å². The molecule has 0 aliphatic rings. The first-order valence-corrected chi connectivity index (χ1v) is 7.40. The smallest absolute Gasteiger partial charge is 0.331 e.